The highest BCUT2D eigenvalue weighted by Crippen LogP contribution is 2.28. The molecule has 1 aromatic heterocycles. The maximum Gasteiger partial charge on any atom is 0.254 e. The Kier molecular flexibility index (Phi) is 3.32. The van der Waals surface area contributed by atoms with Crippen LogP contribution < -0.4 is 0 Å². The minimum atomic E-state index is -0.275. The molecule has 0 aliphatic carbocycles. The summed E-state index contributed by atoms with van der Waals surface area (Å²) in [5.41, 5.74) is 3.44. The smallest absolute Gasteiger partial charge is 0.254 e. The number of benzene rings is 1. The van der Waals surface area contributed by atoms with Crippen LogP contribution in [-0.4, -0.2) is 21.9 Å². The third-order valence-corrected chi connectivity index (χ3v) is 4.36. The highest BCUT2D eigenvalue weighted by molar-refractivity contribution is 5.94. The molecule has 0 bridgehead atoms. The zero-order valence-electron chi connectivity index (χ0n) is 12.6. The Hall–Kier alpha value is -2.10. The maximum absolute atomic E-state index is 13.4. The van der Waals surface area contributed by atoms with E-state index in [1.54, 1.807) is 19.1 Å². The van der Waals surface area contributed by atoms with Gasteiger partial charge in [-0.2, -0.15) is 0 Å². The largest absolute Gasteiger partial charge is 0.345 e. The van der Waals surface area contributed by atoms with Gasteiger partial charge in [-0.05, 0) is 56.7 Å². The van der Waals surface area contributed by atoms with Gasteiger partial charge in [0.05, 0.1) is 6.04 Å². The summed E-state index contributed by atoms with van der Waals surface area (Å²) in [5.74, 6) is -0.307. The van der Waals surface area contributed by atoms with Crippen molar-refractivity contribution in [2.45, 2.75) is 33.4 Å². The Labute approximate surface area is 124 Å². The number of hydrogen-bond donors (Lipinski definition) is 0. The van der Waals surface area contributed by atoms with E-state index in [4.69, 9.17) is 0 Å². The van der Waals surface area contributed by atoms with Crippen molar-refractivity contribution >= 4 is 5.91 Å². The van der Waals surface area contributed by atoms with Crippen LogP contribution in [0.1, 0.15) is 40.3 Å². The van der Waals surface area contributed by atoms with Crippen LogP contribution >= 0.6 is 0 Å². The number of amides is 1. The number of aromatic nitrogens is 1. The molecule has 1 aromatic carbocycles. The quantitative estimate of drug-likeness (QED) is 0.788. The molecular weight excluding hydrogens is 267 g/mol. The third kappa shape index (κ3) is 2.24. The van der Waals surface area contributed by atoms with Crippen molar-refractivity contribution in [2.24, 2.45) is 0 Å². The predicted molar refractivity (Wildman–Crippen MR) is 79.8 cm³/mol. The SMILES string of the molecule is Cc1cc(C(=O)N2CCn3c(C)ccc3C2C)ccc1F. The van der Waals surface area contributed by atoms with Gasteiger partial charge in [0.15, 0.2) is 0 Å². The molecule has 1 aliphatic rings. The number of carbonyl (C=O) groups excluding carboxylic acids is 1. The number of hydrogen-bond acceptors (Lipinski definition) is 1. The first-order valence-electron chi connectivity index (χ1n) is 7.22. The number of fused-ring (bicyclic) bond motifs is 1. The van der Waals surface area contributed by atoms with Gasteiger partial charge in [0.25, 0.3) is 5.91 Å². The van der Waals surface area contributed by atoms with Crippen molar-refractivity contribution in [3.05, 3.63) is 58.7 Å². The summed E-state index contributed by atoms with van der Waals surface area (Å²) in [6, 6.07) is 8.76. The highest BCUT2D eigenvalue weighted by atomic mass is 19.1. The van der Waals surface area contributed by atoms with Gasteiger partial charge in [-0.1, -0.05) is 0 Å². The molecule has 1 atom stereocenters. The lowest BCUT2D eigenvalue weighted by Gasteiger charge is -2.35. The number of nitrogens with zero attached hydrogens (tertiary/aromatic N) is 2. The number of halogens is 1. The maximum atomic E-state index is 13.4. The van der Waals surface area contributed by atoms with Crippen molar-refractivity contribution in [3.8, 4) is 0 Å². The van der Waals surface area contributed by atoms with Gasteiger partial charge in [-0.3, -0.25) is 4.79 Å². The zero-order valence-corrected chi connectivity index (χ0v) is 12.6. The molecule has 1 aliphatic heterocycles. The molecule has 4 heteroatoms. The second-order valence-corrected chi connectivity index (χ2v) is 5.69. The van der Waals surface area contributed by atoms with Gasteiger partial charge in [0, 0.05) is 30.0 Å². The normalized spacial score (nSPS) is 17.7. The van der Waals surface area contributed by atoms with Crippen molar-refractivity contribution in [3.63, 3.8) is 0 Å². The van der Waals surface area contributed by atoms with Crippen LogP contribution in [0.2, 0.25) is 0 Å². The molecule has 0 saturated heterocycles. The van der Waals surface area contributed by atoms with E-state index >= 15 is 0 Å². The average Bonchev–Trinajstić information content (AvgIpc) is 2.84. The minimum absolute atomic E-state index is 0.0318. The molecular formula is C17H19FN2O. The van der Waals surface area contributed by atoms with Crippen molar-refractivity contribution in [2.75, 3.05) is 6.54 Å². The predicted octanol–water partition coefficient (Wildman–Crippen LogP) is 3.46. The Morgan fingerprint density at radius 3 is 2.67 bits per heavy atom. The summed E-state index contributed by atoms with van der Waals surface area (Å²) in [4.78, 5) is 14.5. The molecule has 2 heterocycles. The second kappa shape index (κ2) is 5.02. The van der Waals surface area contributed by atoms with Gasteiger partial charge >= 0.3 is 0 Å². The van der Waals surface area contributed by atoms with E-state index in [9.17, 15) is 9.18 Å². The van der Waals surface area contributed by atoms with Crippen molar-refractivity contribution < 1.29 is 9.18 Å². The lowest BCUT2D eigenvalue weighted by molar-refractivity contribution is 0.0642. The summed E-state index contributed by atoms with van der Waals surface area (Å²) < 4.78 is 15.6. The molecule has 0 radical (unpaired) electrons. The van der Waals surface area contributed by atoms with E-state index in [0.29, 0.717) is 17.7 Å². The fourth-order valence-electron chi connectivity index (χ4n) is 3.04. The Morgan fingerprint density at radius 1 is 1.19 bits per heavy atom. The monoisotopic (exact) mass is 286 g/mol. The Bertz CT molecular complexity index is 705. The number of rotatable bonds is 1. The molecule has 0 fully saturated rings. The fourth-order valence-corrected chi connectivity index (χ4v) is 3.04. The third-order valence-electron chi connectivity index (χ3n) is 4.36. The first kappa shape index (κ1) is 13.9. The van der Waals surface area contributed by atoms with E-state index in [-0.39, 0.29) is 17.8 Å². The van der Waals surface area contributed by atoms with Gasteiger partial charge in [0.1, 0.15) is 5.82 Å². The van der Waals surface area contributed by atoms with E-state index in [2.05, 4.69) is 23.6 Å². The van der Waals surface area contributed by atoms with Crippen LogP contribution in [0, 0.1) is 19.7 Å². The Morgan fingerprint density at radius 2 is 1.95 bits per heavy atom. The van der Waals surface area contributed by atoms with E-state index in [1.165, 1.54) is 11.8 Å². The van der Waals surface area contributed by atoms with Gasteiger partial charge in [-0.25, -0.2) is 4.39 Å². The fraction of sp³-hybridized carbons (Fsp3) is 0.353. The molecule has 2 aromatic rings. The lowest BCUT2D eigenvalue weighted by Crippen LogP contribution is -2.41. The van der Waals surface area contributed by atoms with E-state index < -0.39 is 0 Å². The summed E-state index contributed by atoms with van der Waals surface area (Å²) in [6.45, 7) is 7.29. The molecule has 0 saturated carbocycles. The molecule has 110 valence electrons. The first-order valence-corrected chi connectivity index (χ1v) is 7.22. The molecule has 21 heavy (non-hydrogen) atoms. The minimum Gasteiger partial charge on any atom is -0.345 e. The second-order valence-electron chi connectivity index (χ2n) is 5.69. The van der Waals surface area contributed by atoms with Crippen molar-refractivity contribution in [1.82, 2.24) is 9.47 Å². The molecule has 3 rings (SSSR count). The van der Waals surface area contributed by atoms with Crippen LogP contribution in [0.5, 0.6) is 0 Å². The average molecular weight is 286 g/mol. The molecule has 0 N–H and O–H groups in total. The number of carbonyl (C=O) groups is 1. The lowest BCUT2D eigenvalue weighted by atomic mass is 10.1. The summed E-state index contributed by atoms with van der Waals surface area (Å²) >= 11 is 0. The highest BCUT2D eigenvalue weighted by Gasteiger charge is 2.29. The molecule has 1 unspecified atom stereocenters. The van der Waals surface area contributed by atoms with Crippen molar-refractivity contribution in [1.29, 1.82) is 0 Å². The summed E-state index contributed by atoms with van der Waals surface area (Å²) in [6.07, 6.45) is 0. The summed E-state index contributed by atoms with van der Waals surface area (Å²) in [7, 11) is 0. The van der Waals surface area contributed by atoms with Gasteiger partial charge < -0.3 is 9.47 Å². The van der Waals surface area contributed by atoms with Gasteiger partial charge in [-0.15, -0.1) is 0 Å². The van der Waals surface area contributed by atoms with Crippen LogP contribution in [0.15, 0.2) is 30.3 Å². The molecule has 3 nitrogen and oxygen atoms in total. The molecule has 0 spiro atoms. The van der Waals surface area contributed by atoms with Crippen LogP contribution in [0.3, 0.4) is 0 Å². The van der Waals surface area contributed by atoms with Crippen LogP contribution in [0.25, 0.3) is 0 Å². The van der Waals surface area contributed by atoms with Crippen LogP contribution in [-0.2, 0) is 6.54 Å². The first-order chi connectivity index (χ1) is 9.99. The molecule has 1 amide bonds. The van der Waals surface area contributed by atoms with E-state index in [1.807, 2.05) is 11.8 Å². The summed E-state index contributed by atoms with van der Waals surface area (Å²) in [5, 5.41) is 0. The van der Waals surface area contributed by atoms with E-state index in [0.717, 1.165) is 12.2 Å². The standard InChI is InChI=1S/C17H19FN2O/c1-11-10-14(5-6-15(11)18)17(21)20-9-8-19-12(2)4-7-16(19)13(20)3/h4-7,10,13H,8-9H2,1-3H3. The topological polar surface area (TPSA) is 25.2 Å². The van der Waals surface area contributed by atoms with Gasteiger partial charge in [0.2, 0.25) is 0 Å². The Balaban J connectivity index is 1.91. The van der Waals surface area contributed by atoms with Crippen LogP contribution in [0.4, 0.5) is 4.39 Å². The zero-order chi connectivity index (χ0) is 15.1. The number of aryl methyl sites for hydroxylation is 2.